The Morgan fingerprint density at radius 1 is 0.959 bits per heavy atom. The second-order valence-corrected chi connectivity index (χ2v) is 17.5. The molecule has 3 saturated heterocycles. The minimum atomic E-state index is -1.72. The van der Waals surface area contributed by atoms with Gasteiger partial charge in [-0.1, -0.05) is 41.5 Å². The van der Waals surface area contributed by atoms with Gasteiger partial charge in [-0.2, -0.15) is 0 Å². The minimum Gasteiger partial charge on any atom is -0.459 e. The Morgan fingerprint density at radius 3 is 2.16 bits per heavy atom. The maximum absolute atomic E-state index is 14.1. The summed E-state index contributed by atoms with van der Waals surface area (Å²) < 4.78 is 32.3. The number of hydrogen-bond acceptors (Lipinski definition) is 11. The highest BCUT2D eigenvalue weighted by Gasteiger charge is 2.50. The third-order valence-corrected chi connectivity index (χ3v) is 12.2. The number of hydrogen-bond donors (Lipinski definition) is 3. The summed E-state index contributed by atoms with van der Waals surface area (Å²) in [7, 11) is 6.01. The van der Waals surface area contributed by atoms with Crippen molar-refractivity contribution in [3.05, 3.63) is 0 Å². The number of esters is 1. The summed E-state index contributed by atoms with van der Waals surface area (Å²) in [4.78, 5) is 18.3. The topological polar surface area (TPSA) is 130 Å². The van der Waals surface area contributed by atoms with Crippen LogP contribution in [-0.4, -0.2) is 132 Å². The van der Waals surface area contributed by atoms with E-state index in [1.807, 2.05) is 39.6 Å². The zero-order valence-corrected chi connectivity index (χ0v) is 33.1. The number of aliphatic hydroxyl groups excluding tert-OH is 1. The molecule has 3 aliphatic rings. The van der Waals surface area contributed by atoms with Crippen LogP contribution in [0.5, 0.6) is 0 Å². The maximum Gasteiger partial charge on any atom is 0.311 e. The van der Waals surface area contributed by atoms with E-state index in [4.69, 9.17) is 23.7 Å². The zero-order valence-electron chi connectivity index (χ0n) is 33.1. The molecule has 3 heterocycles. The molecule has 0 aliphatic carbocycles. The third kappa shape index (κ3) is 10.4. The van der Waals surface area contributed by atoms with Crippen molar-refractivity contribution >= 4 is 5.97 Å². The highest BCUT2D eigenvalue weighted by atomic mass is 16.7. The zero-order chi connectivity index (χ0) is 37.2. The van der Waals surface area contributed by atoms with Gasteiger partial charge in [-0.25, -0.2) is 0 Å². The van der Waals surface area contributed by atoms with Crippen molar-refractivity contribution in [1.29, 1.82) is 0 Å². The van der Waals surface area contributed by atoms with Crippen LogP contribution in [0.2, 0.25) is 0 Å². The molecule has 3 rings (SSSR count). The second kappa shape index (κ2) is 16.8. The number of carbonyl (C=O) groups is 1. The molecule has 11 nitrogen and oxygen atoms in total. The number of likely N-dealkylation sites (N-methyl/N-ethyl adjacent to an activating group) is 1. The highest BCUT2D eigenvalue weighted by Crippen LogP contribution is 2.41. The summed E-state index contributed by atoms with van der Waals surface area (Å²) in [6.45, 7) is 22.5. The summed E-state index contributed by atoms with van der Waals surface area (Å²) in [6.07, 6.45) is -2.09. The van der Waals surface area contributed by atoms with E-state index >= 15 is 0 Å². The van der Waals surface area contributed by atoms with E-state index in [1.54, 1.807) is 13.8 Å². The lowest BCUT2D eigenvalue weighted by Crippen LogP contribution is -2.59. The van der Waals surface area contributed by atoms with Crippen LogP contribution in [0.3, 0.4) is 0 Å². The molecule has 0 saturated carbocycles. The van der Waals surface area contributed by atoms with E-state index in [0.717, 1.165) is 6.42 Å². The monoisotopic (exact) mass is 701 g/mol. The van der Waals surface area contributed by atoms with Gasteiger partial charge in [-0.15, -0.1) is 0 Å². The second-order valence-electron chi connectivity index (χ2n) is 17.5. The van der Waals surface area contributed by atoms with Gasteiger partial charge < -0.3 is 48.8 Å². The highest BCUT2D eigenvalue weighted by molar-refractivity contribution is 5.73. The number of ether oxygens (including phenoxy) is 5. The van der Waals surface area contributed by atoms with Crippen molar-refractivity contribution in [1.82, 2.24) is 9.80 Å². The van der Waals surface area contributed by atoms with Crippen LogP contribution in [0.15, 0.2) is 0 Å². The Hall–Kier alpha value is -0.890. The number of nitrogens with zero attached hydrogens (tertiary/aromatic N) is 2. The lowest BCUT2D eigenvalue weighted by molar-refractivity contribution is -0.284. The van der Waals surface area contributed by atoms with Crippen molar-refractivity contribution in [2.24, 2.45) is 29.1 Å². The van der Waals surface area contributed by atoms with E-state index in [9.17, 15) is 20.1 Å². The van der Waals surface area contributed by atoms with Gasteiger partial charge >= 0.3 is 5.97 Å². The predicted molar refractivity (Wildman–Crippen MR) is 190 cm³/mol. The Balaban J connectivity index is 2.11. The average molecular weight is 701 g/mol. The maximum atomic E-state index is 14.1. The van der Waals surface area contributed by atoms with Crippen LogP contribution in [-0.2, 0) is 28.5 Å². The van der Waals surface area contributed by atoms with Crippen LogP contribution >= 0.6 is 0 Å². The Morgan fingerprint density at radius 2 is 1.59 bits per heavy atom. The lowest BCUT2D eigenvalue weighted by atomic mass is 9.75. The molecule has 0 spiro atoms. The Kier molecular flexibility index (Phi) is 14.6. The fraction of sp³-hybridized carbons (Fsp3) is 0.974. The molecular weight excluding hydrogens is 628 g/mol. The molecule has 3 fully saturated rings. The minimum absolute atomic E-state index is 0.0237. The largest absolute Gasteiger partial charge is 0.459 e. The summed E-state index contributed by atoms with van der Waals surface area (Å²) >= 11 is 0. The van der Waals surface area contributed by atoms with Crippen molar-refractivity contribution in [2.75, 3.05) is 34.3 Å². The van der Waals surface area contributed by atoms with Gasteiger partial charge in [0.15, 0.2) is 12.6 Å². The lowest BCUT2D eigenvalue weighted by Gasteiger charge is -2.47. The fourth-order valence-corrected chi connectivity index (χ4v) is 8.34. The molecular formula is C38H72N2O9. The molecule has 0 aromatic carbocycles. The van der Waals surface area contributed by atoms with Gasteiger partial charge in [-0.05, 0) is 92.3 Å². The molecule has 15 atom stereocenters. The first-order valence-electron chi connectivity index (χ1n) is 18.8. The molecule has 288 valence electrons. The molecule has 2 unspecified atom stereocenters. The van der Waals surface area contributed by atoms with E-state index in [1.165, 1.54) is 6.92 Å². The van der Waals surface area contributed by atoms with Crippen LogP contribution < -0.4 is 0 Å². The summed E-state index contributed by atoms with van der Waals surface area (Å²) in [5.41, 5.74) is -3.13. The molecule has 3 N–H and O–H groups in total. The predicted octanol–water partition coefficient (Wildman–Crippen LogP) is 4.44. The summed E-state index contributed by atoms with van der Waals surface area (Å²) in [6, 6.07) is -0.217. The number of carbonyl (C=O) groups excluding carboxylic acids is 1. The SMILES string of the molecule is CC[C@H]1OC(=O)[C@H](C)C(O[C@H]2CC(C)(C)[C@@H](C)CO2)[C@H](C)[C@@H](OC2C[C@@H](N(C)C)C[C@@H](C)O2)[C@](C)(O)C[C@@H](C)CN(C)[C@H](C)[C@@H](O)[C@]1(C)O. The fourth-order valence-electron chi connectivity index (χ4n) is 8.34. The van der Waals surface area contributed by atoms with Crippen molar-refractivity contribution in [2.45, 2.75) is 175 Å². The Labute approximate surface area is 297 Å². The van der Waals surface area contributed by atoms with Crippen molar-refractivity contribution in [3.8, 4) is 0 Å². The van der Waals surface area contributed by atoms with Gasteiger partial charge in [0.25, 0.3) is 0 Å². The van der Waals surface area contributed by atoms with Gasteiger partial charge in [0.1, 0.15) is 17.8 Å². The van der Waals surface area contributed by atoms with Gasteiger partial charge in [0.2, 0.25) is 0 Å². The van der Waals surface area contributed by atoms with Crippen LogP contribution in [0.1, 0.15) is 108 Å². The number of cyclic esters (lactones) is 1. The molecule has 0 aromatic rings. The molecule has 49 heavy (non-hydrogen) atoms. The van der Waals surface area contributed by atoms with Gasteiger partial charge in [-0.3, -0.25) is 4.79 Å². The van der Waals surface area contributed by atoms with Crippen molar-refractivity contribution < 1.29 is 43.8 Å². The molecule has 3 aliphatic heterocycles. The number of aliphatic hydroxyl groups is 3. The summed E-state index contributed by atoms with van der Waals surface area (Å²) in [5, 5.41) is 35.6. The van der Waals surface area contributed by atoms with Crippen molar-refractivity contribution in [3.63, 3.8) is 0 Å². The Bertz CT molecular complexity index is 1050. The van der Waals surface area contributed by atoms with Crippen LogP contribution in [0.25, 0.3) is 0 Å². The molecule has 0 aromatic heterocycles. The first-order valence-corrected chi connectivity index (χ1v) is 18.8. The molecule has 11 heteroatoms. The average Bonchev–Trinajstić information content (AvgIpc) is 2.99. The van der Waals surface area contributed by atoms with E-state index < -0.39 is 72.0 Å². The van der Waals surface area contributed by atoms with E-state index in [2.05, 4.69) is 46.7 Å². The molecule has 0 radical (unpaired) electrons. The molecule has 0 amide bonds. The standard InChI is InChI=1S/C38H72N2O9/c1-15-29-38(11,44)33(41)27(7)40(14)20-22(2)18-37(10,43)34(49-30-17-28(39(12)13)16-24(4)46-30)25(5)32(26(6)35(42)47-29)48-31-19-36(8,9)23(3)21-45-31/h22-34,41,43-44H,15-21H2,1-14H3/t22-,23+,24-,25+,26-,27-,28+,29-,30?,31+,32?,33-,34-,37-,38-/m1/s1. The first kappa shape index (κ1) is 42.5. The summed E-state index contributed by atoms with van der Waals surface area (Å²) in [5.74, 6) is -1.59. The molecule has 0 bridgehead atoms. The third-order valence-electron chi connectivity index (χ3n) is 12.2. The van der Waals surface area contributed by atoms with E-state index in [-0.39, 0.29) is 23.5 Å². The van der Waals surface area contributed by atoms with Gasteiger partial charge in [0.05, 0.1) is 36.4 Å². The quantitative estimate of drug-likeness (QED) is 0.340. The van der Waals surface area contributed by atoms with Crippen LogP contribution in [0.4, 0.5) is 0 Å². The number of rotatable bonds is 6. The van der Waals surface area contributed by atoms with Gasteiger partial charge in [0, 0.05) is 37.4 Å². The normalized spacial score (nSPS) is 46.9. The van der Waals surface area contributed by atoms with E-state index in [0.29, 0.717) is 44.8 Å². The smallest absolute Gasteiger partial charge is 0.311 e. The van der Waals surface area contributed by atoms with Crippen LogP contribution in [0, 0.1) is 29.1 Å². The first-order chi connectivity index (χ1) is 22.5.